The smallest absolute Gasteiger partial charge is 0.240 e. The SMILES string of the molecule is Nc1c(Cl)cc(S(=O)(=O)NCC[n+]2ccccc2)cc1Cl.[Cl-]. The second-order valence-electron chi connectivity index (χ2n) is 4.31. The Morgan fingerprint density at radius 3 is 2.18 bits per heavy atom. The maximum Gasteiger partial charge on any atom is 0.240 e. The van der Waals surface area contributed by atoms with Crippen LogP contribution >= 0.6 is 23.2 Å². The van der Waals surface area contributed by atoms with Gasteiger partial charge in [0.2, 0.25) is 10.0 Å². The van der Waals surface area contributed by atoms with Crippen molar-refractivity contribution in [3.05, 3.63) is 52.8 Å². The summed E-state index contributed by atoms with van der Waals surface area (Å²) in [6.07, 6.45) is 3.70. The van der Waals surface area contributed by atoms with E-state index in [0.717, 1.165) is 0 Å². The quantitative estimate of drug-likeness (QED) is 0.506. The van der Waals surface area contributed by atoms with Crippen molar-refractivity contribution < 1.29 is 25.4 Å². The molecule has 0 fully saturated rings. The molecule has 0 atom stereocenters. The van der Waals surface area contributed by atoms with Crippen molar-refractivity contribution in [2.24, 2.45) is 0 Å². The summed E-state index contributed by atoms with van der Waals surface area (Å²) in [5.41, 5.74) is 5.75. The predicted molar refractivity (Wildman–Crippen MR) is 82.7 cm³/mol. The van der Waals surface area contributed by atoms with Crippen LogP contribution < -0.4 is 27.4 Å². The first-order chi connectivity index (χ1) is 9.90. The molecule has 0 bridgehead atoms. The molecule has 3 N–H and O–H groups in total. The molecule has 2 aromatic rings. The van der Waals surface area contributed by atoms with Crippen molar-refractivity contribution in [3.8, 4) is 0 Å². The van der Waals surface area contributed by atoms with Gasteiger partial charge in [-0.1, -0.05) is 29.3 Å². The van der Waals surface area contributed by atoms with E-state index in [0.29, 0.717) is 6.54 Å². The highest BCUT2D eigenvalue weighted by Gasteiger charge is 2.17. The van der Waals surface area contributed by atoms with E-state index in [9.17, 15) is 8.42 Å². The number of benzene rings is 1. The van der Waals surface area contributed by atoms with Crippen LogP contribution in [0.1, 0.15) is 0 Å². The van der Waals surface area contributed by atoms with Gasteiger partial charge in [-0.3, -0.25) is 0 Å². The van der Waals surface area contributed by atoms with Gasteiger partial charge in [0.15, 0.2) is 18.9 Å². The van der Waals surface area contributed by atoms with Crippen LogP contribution in [0.5, 0.6) is 0 Å². The molecule has 0 spiro atoms. The van der Waals surface area contributed by atoms with E-state index in [1.165, 1.54) is 12.1 Å². The molecule has 0 saturated heterocycles. The van der Waals surface area contributed by atoms with Crippen LogP contribution in [0.2, 0.25) is 10.0 Å². The van der Waals surface area contributed by atoms with Gasteiger partial charge in [-0.2, -0.15) is 0 Å². The van der Waals surface area contributed by atoms with Gasteiger partial charge in [-0.15, -0.1) is 0 Å². The highest BCUT2D eigenvalue weighted by atomic mass is 35.5. The summed E-state index contributed by atoms with van der Waals surface area (Å²) in [4.78, 5) is -0.00948. The number of rotatable bonds is 5. The molecule has 0 aliphatic rings. The first-order valence-electron chi connectivity index (χ1n) is 6.08. The number of nitrogens with one attached hydrogen (secondary N) is 1. The average molecular weight is 383 g/mol. The van der Waals surface area contributed by atoms with E-state index >= 15 is 0 Å². The van der Waals surface area contributed by atoms with Crippen LogP contribution in [0, 0.1) is 0 Å². The van der Waals surface area contributed by atoms with E-state index in [2.05, 4.69) is 4.72 Å². The van der Waals surface area contributed by atoms with Crippen molar-refractivity contribution in [2.45, 2.75) is 11.4 Å². The first-order valence-corrected chi connectivity index (χ1v) is 8.32. The van der Waals surface area contributed by atoms with Crippen LogP contribution in [0.3, 0.4) is 0 Å². The Balaban J connectivity index is 0.00000242. The van der Waals surface area contributed by atoms with Crippen molar-refractivity contribution in [3.63, 3.8) is 0 Å². The van der Waals surface area contributed by atoms with Gasteiger partial charge in [0, 0.05) is 12.1 Å². The van der Waals surface area contributed by atoms with Crippen molar-refractivity contribution >= 4 is 38.9 Å². The Labute approximate surface area is 145 Å². The minimum atomic E-state index is -3.68. The Morgan fingerprint density at radius 1 is 1.09 bits per heavy atom. The van der Waals surface area contributed by atoms with E-state index in [4.69, 9.17) is 28.9 Å². The van der Waals surface area contributed by atoms with Crippen molar-refractivity contribution in [2.75, 3.05) is 12.3 Å². The van der Waals surface area contributed by atoms with Gasteiger partial charge in [0.05, 0.1) is 27.2 Å². The zero-order valence-electron chi connectivity index (χ0n) is 11.3. The molecular formula is C13H14Cl3N3O2S. The summed E-state index contributed by atoms with van der Waals surface area (Å²) in [6, 6.07) is 8.18. The van der Waals surface area contributed by atoms with Crippen LogP contribution in [0.4, 0.5) is 5.69 Å². The number of hydrogen-bond acceptors (Lipinski definition) is 3. The number of anilines is 1. The molecule has 0 unspecified atom stereocenters. The molecule has 22 heavy (non-hydrogen) atoms. The summed E-state index contributed by atoms with van der Waals surface area (Å²) in [5, 5.41) is 0.223. The van der Waals surface area contributed by atoms with Gasteiger partial charge in [0.1, 0.15) is 0 Å². The normalized spacial score (nSPS) is 11.0. The number of aromatic nitrogens is 1. The fraction of sp³-hybridized carbons (Fsp3) is 0.154. The molecule has 0 aliphatic heterocycles. The molecule has 2 rings (SSSR count). The molecule has 1 aromatic heterocycles. The number of hydrogen-bond donors (Lipinski definition) is 2. The van der Waals surface area contributed by atoms with Crippen LogP contribution in [-0.4, -0.2) is 15.0 Å². The Morgan fingerprint density at radius 2 is 1.64 bits per heavy atom. The zero-order chi connectivity index (χ0) is 15.5. The lowest BCUT2D eigenvalue weighted by molar-refractivity contribution is -0.694. The predicted octanol–water partition coefficient (Wildman–Crippen LogP) is -1.15. The van der Waals surface area contributed by atoms with E-state index < -0.39 is 10.0 Å². The van der Waals surface area contributed by atoms with E-state index in [-0.39, 0.29) is 39.6 Å². The van der Waals surface area contributed by atoms with Gasteiger partial charge in [-0.25, -0.2) is 17.7 Å². The highest BCUT2D eigenvalue weighted by Crippen LogP contribution is 2.30. The maximum atomic E-state index is 12.2. The summed E-state index contributed by atoms with van der Waals surface area (Å²) >= 11 is 11.7. The van der Waals surface area contributed by atoms with Gasteiger partial charge >= 0.3 is 0 Å². The van der Waals surface area contributed by atoms with Crippen LogP contribution in [0.25, 0.3) is 0 Å². The number of nitrogens with two attached hydrogens (primary N) is 1. The maximum absolute atomic E-state index is 12.2. The third-order valence-corrected chi connectivity index (χ3v) is 4.87. The van der Waals surface area contributed by atoms with Gasteiger partial charge < -0.3 is 18.1 Å². The highest BCUT2D eigenvalue weighted by molar-refractivity contribution is 7.89. The average Bonchev–Trinajstić information content (AvgIpc) is 2.45. The molecule has 0 saturated carbocycles. The molecule has 5 nitrogen and oxygen atoms in total. The molecule has 0 amide bonds. The molecule has 9 heteroatoms. The van der Waals surface area contributed by atoms with E-state index in [1.54, 1.807) is 0 Å². The fourth-order valence-corrected chi connectivity index (χ4v) is 3.38. The molecule has 1 aromatic carbocycles. The van der Waals surface area contributed by atoms with Crippen molar-refractivity contribution in [1.29, 1.82) is 0 Å². The first kappa shape index (κ1) is 19.0. The monoisotopic (exact) mass is 381 g/mol. The lowest BCUT2D eigenvalue weighted by Gasteiger charge is -2.08. The van der Waals surface area contributed by atoms with Gasteiger partial charge in [0.25, 0.3) is 0 Å². The minimum absolute atomic E-state index is 0. The van der Waals surface area contributed by atoms with E-state index in [1.807, 2.05) is 35.2 Å². The topological polar surface area (TPSA) is 76.1 Å². The number of pyridine rings is 1. The minimum Gasteiger partial charge on any atom is -1.00 e. The standard InChI is InChI=1S/C13H14Cl2N3O2S.ClH/c14-11-8-10(9-12(15)13(11)16)21(19,20)17-4-7-18-5-2-1-3-6-18;/h1-3,5-6,8-9,17H,4,7,16H2;1H/q+1;/p-1. The summed E-state index contributed by atoms with van der Waals surface area (Å²) in [7, 11) is -3.68. The fourth-order valence-electron chi connectivity index (χ4n) is 1.69. The second kappa shape index (κ2) is 7.99. The number of nitrogens with zero attached hydrogens (tertiary/aromatic N) is 1. The summed E-state index contributed by atoms with van der Waals surface area (Å²) in [5.74, 6) is 0. The molecule has 1 heterocycles. The van der Waals surface area contributed by atoms with Crippen LogP contribution in [0.15, 0.2) is 47.6 Å². The van der Waals surface area contributed by atoms with Crippen molar-refractivity contribution in [1.82, 2.24) is 4.72 Å². The largest absolute Gasteiger partial charge is 1.00 e. The molecule has 0 aliphatic carbocycles. The third kappa shape index (κ3) is 4.72. The number of halogens is 3. The number of sulfonamides is 1. The molecule has 120 valence electrons. The third-order valence-electron chi connectivity index (χ3n) is 2.80. The Hall–Kier alpha value is -1.05. The molecular weight excluding hydrogens is 369 g/mol. The lowest BCUT2D eigenvalue weighted by Crippen LogP contribution is -3.00. The summed E-state index contributed by atoms with van der Waals surface area (Å²) < 4.78 is 28.7. The number of nitrogen functional groups attached to an aromatic ring is 1. The zero-order valence-corrected chi connectivity index (χ0v) is 14.4. The molecule has 0 radical (unpaired) electrons. The lowest BCUT2D eigenvalue weighted by atomic mass is 10.3. The van der Waals surface area contributed by atoms with Crippen LogP contribution in [-0.2, 0) is 16.6 Å². The second-order valence-corrected chi connectivity index (χ2v) is 6.89. The Kier molecular flexibility index (Phi) is 6.90. The Bertz CT molecular complexity index is 716. The summed E-state index contributed by atoms with van der Waals surface area (Å²) in [6.45, 7) is 0.757. The van der Waals surface area contributed by atoms with Gasteiger partial charge in [-0.05, 0) is 12.1 Å².